The number of hydrogen-bond donors (Lipinski definition) is 2. The van der Waals surface area contributed by atoms with Crippen molar-refractivity contribution in [1.82, 2.24) is 0 Å². The highest BCUT2D eigenvalue weighted by molar-refractivity contribution is 7.14. The molecule has 6 nitrogen and oxygen atoms in total. The van der Waals surface area contributed by atoms with Gasteiger partial charge in [0.05, 0.1) is 28.9 Å². The first-order valence-electron chi connectivity index (χ1n) is 9.95. The van der Waals surface area contributed by atoms with E-state index >= 15 is 0 Å². The molecule has 2 aromatic heterocycles. The molecule has 0 radical (unpaired) electrons. The number of carbonyl (C=O) groups excluding carboxylic acids is 2. The average molecular weight is 479 g/mol. The molecule has 0 amide bonds. The van der Waals surface area contributed by atoms with E-state index in [9.17, 15) is 24.2 Å². The van der Waals surface area contributed by atoms with E-state index in [1.54, 1.807) is 27.7 Å². The van der Waals surface area contributed by atoms with E-state index in [1.165, 1.54) is 46.9 Å². The van der Waals surface area contributed by atoms with E-state index in [1.807, 2.05) is 0 Å². The maximum atomic E-state index is 13.6. The van der Waals surface area contributed by atoms with Crippen LogP contribution in [0.1, 0.15) is 65.6 Å². The quantitative estimate of drug-likeness (QED) is 0.435. The third kappa shape index (κ3) is 4.35. The lowest BCUT2D eigenvalue weighted by Crippen LogP contribution is -2.06. The Bertz CT molecular complexity index is 1080. The second kappa shape index (κ2) is 9.70. The van der Waals surface area contributed by atoms with Gasteiger partial charge in [0.1, 0.15) is 28.4 Å². The molecule has 0 bridgehead atoms. The molecule has 0 aliphatic heterocycles. The molecule has 170 valence electrons. The Labute approximate surface area is 192 Å². The summed E-state index contributed by atoms with van der Waals surface area (Å²) in [7, 11) is 0. The maximum absolute atomic E-state index is 13.6. The normalized spacial score (nSPS) is 11.1. The molecule has 2 N–H and O–H groups in total. The van der Waals surface area contributed by atoms with Crippen molar-refractivity contribution in [3.8, 4) is 11.5 Å². The lowest BCUT2D eigenvalue weighted by atomic mass is 9.93. The lowest BCUT2D eigenvalue weighted by Gasteiger charge is -2.16. The Hall–Kier alpha value is -2.91. The third-order valence-electron chi connectivity index (χ3n) is 4.86. The van der Waals surface area contributed by atoms with Crippen LogP contribution < -0.4 is 0 Å². The van der Waals surface area contributed by atoms with Crippen LogP contribution in [-0.4, -0.2) is 35.4 Å². The van der Waals surface area contributed by atoms with Crippen molar-refractivity contribution in [3.05, 3.63) is 66.3 Å². The highest BCUT2D eigenvalue weighted by Gasteiger charge is 2.34. The molecule has 0 unspecified atom stereocenters. The molecular formula is C23H23FO6S2. The van der Waals surface area contributed by atoms with Gasteiger partial charge in [-0.25, -0.2) is 14.0 Å². The van der Waals surface area contributed by atoms with Crippen LogP contribution in [0.4, 0.5) is 4.39 Å². The van der Waals surface area contributed by atoms with Crippen LogP contribution in [0.25, 0.3) is 0 Å². The molecule has 0 aliphatic rings. The van der Waals surface area contributed by atoms with Crippen LogP contribution in [0.15, 0.2) is 24.3 Å². The Kier molecular flexibility index (Phi) is 7.20. The number of esters is 2. The minimum atomic E-state index is -0.741. The summed E-state index contributed by atoms with van der Waals surface area (Å²) < 4.78 is 23.7. The van der Waals surface area contributed by atoms with Gasteiger partial charge in [0, 0.05) is 9.75 Å². The van der Waals surface area contributed by atoms with Crippen LogP contribution in [0, 0.1) is 19.7 Å². The van der Waals surface area contributed by atoms with Crippen LogP contribution in [0.3, 0.4) is 0 Å². The summed E-state index contributed by atoms with van der Waals surface area (Å²) in [5.41, 5.74) is 0.681. The van der Waals surface area contributed by atoms with Gasteiger partial charge in [-0.1, -0.05) is 12.1 Å². The molecule has 3 rings (SSSR count). The van der Waals surface area contributed by atoms with Crippen molar-refractivity contribution in [2.45, 2.75) is 33.6 Å². The maximum Gasteiger partial charge on any atom is 0.343 e. The van der Waals surface area contributed by atoms with Gasteiger partial charge in [-0.05, 0) is 45.4 Å². The van der Waals surface area contributed by atoms with Crippen molar-refractivity contribution < 1.29 is 33.7 Å². The van der Waals surface area contributed by atoms with Crippen LogP contribution in [0.2, 0.25) is 0 Å². The summed E-state index contributed by atoms with van der Waals surface area (Å²) in [6.07, 6.45) is 0. The molecular weight excluding hydrogens is 455 g/mol. The number of thiophene rings is 2. The summed E-state index contributed by atoms with van der Waals surface area (Å²) in [5.74, 6) is -3.01. The smallest absolute Gasteiger partial charge is 0.343 e. The first kappa shape index (κ1) is 23.7. The van der Waals surface area contributed by atoms with Gasteiger partial charge in [-0.15, -0.1) is 22.7 Å². The predicted molar refractivity (Wildman–Crippen MR) is 121 cm³/mol. The fraction of sp³-hybridized carbons (Fsp3) is 0.304. The van der Waals surface area contributed by atoms with Gasteiger partial charge in [0.2, 0.25) is 0 Å². The zero-order chi connectivity index (χ0) is 23.6. The number of rotatable bonds is 7. The second-order valence-electron chi connectivity index (χ2n) is 6.92. The fourth-order valence-electron chi connectivity index (χ4n) is 3.46. The molecule has 9 heteroatoms. The van der Waals surface area contributed by atoms with Gasteiger partial charge in [0.25, 0.3) is 0 Å². The summed E-state index contributed by atoms with van der Waals surface area (Å²) in [4.78, 5) is 26.6. The van der Waals surface area contributed by atoms with Gasteiger partial charge >= 0.3 is 11.9 Å². The predicted octanol–water partition coefficient (Wildman–Crippen LogP) is 5.51. The van der Waals surface area contributed by atoms with E-state index < -0.39 is 23.7 Å². The molecule has 1 aromatic carbocycles. The Morgan fingerprint density at radius 2 is 1.28 bits per heavy atom. The zero-order valence-electron chi connectivity index (χ0n) is 18.0. The first-order valence-corrected chi connectivity index (χ1v) is 11.6. The van der Waals surface area contributed by atoms with Crippen molar-refractivity contribution in [2.75, 3.05) is 13.2 Å². The Morgan fingerprint density at radius 1 is 0.875 bits per heavy atom. The summed E-state index contributed by atoms with van der Waals surface area (Å²) in [6, 6.07) is 5.62. The molecule has 32 heavy (non-hydrogen) atoms. The lowest BCUT2D eigenvalue weighted by molar-refractivity contribution is 0.0513. The van der Waals surface area contributed by atoms with E-state index in [0.717, 1.165) is 0 Å². The SMILES string of the molecule is CCOC(=O)c1c(C)sc(C(c2ccc(F)cc2)c2sc(C)c(C(=O)OCC)c2O)c1O. The van der Waals surface area contributed by atoms with Gasteiger partial charge in [-0.3, -0.25) is 0 Å². The third-order valence-corrected chi connectivity index (χ3v) is 7.18. The van der Waals surface area contributed by atoms with E-state index in [2.05, 4.69) is 0 Å². The Balaban J connectivity index is 2.24. The molecule has 2 heterocycles. The topological polar surface area (TPSA) is 93.1 Å². The number of hydrogen-bond acceptors (Lipinski definition) is 8. The Morgan fingerprint density at radius 3 is 1.66 bits per heavy atom. The van der Waals surface area contributed by atoms with Crippen LogP contribution in [-0.2, 0) is 9.47 Å². The minimum Gasteiger partial charge on any atom is -0.506 e. The number of carbonyl (C=O) groups is 2. The molecule has 0 saturated heterocycles. The van der Waals surface area contributed by atoms with Crippen molar-refractivity contribution in [1.29, 1.82) is 0 Å². The van der Waals surface area contributed by atoms with E-state index in [4.69, 9.17) is 9.47 Å². The molecule has 0 fully saturated rings. The van der Waals surface area contributed by atoms with Crippen molar-refractivity contribution >= 4 is 34.6 Å². The average Bonchev–Trinajstić information content (AvgIpc) is 3.19. The van der Waals surface area contributed by atoms with Crippen LogP contribution >= 0.6 is 22.7 Å². The minimum absolute atomic E-state index is 0.0531. The largest absolute Gasteiger partial charge is 0.506 e. The highest BCUT2D eigenvalue weighted by atomic mass is 32.1. The standard InChI is InChI=1S/C23H23FO6S2/c1-5-29-22(27)15-11(3)31-20(18(15)25)17(13-7-9-14(24)10-8-13)21-19(26)16(12(4)32-21)23(28)30-6-2/h7-10,17,25-26H,5-6H2,1-4H3. The number of aromatic hydroxyl groups is 2. The van der Waals surface area contributed by atoms with E-state index in [-0.39, 0.29) is 35.8 Å². The van der Waals surface area contributed by atoms with Gasteiger partial charge in [0.15, 0.2) is 0 Å². The molecule has 0 atom stereocenters. The molecule has 3 aromatic rings. The summed E-state index contributed by atoms with van der Waals surface area (Å²) in [6.45, 7) is 7.01. The molecule has 0 aliphatic carbocycles. The summed E-state index contributed by atoms with van der Waals surface area (Å²) >= 11 is 2.35. The molecule has 0 spiro atoms. The second-order valence-corrected chi connectivity index (χ2v) is 9.43. The summed E-state index contributed by atoms with van der Waals surface area (Å²) in [5, 5.41) is 22.0. The monoisotopic (exact) mass is 478 g/mol. The van der Waals surface area contributed by atoms with Gasteiger partial charge < -0.3 is 19.7 Å². The van der Waals surface area contributed by atoms with Crippen molar-refractivity contribution in [2.24, 2.45) is 0 Å². The van der Waals surface area contributed by atoms with Gasteiger partial charge in [-0.2, -0.15) is 0 Å². The van der Waals surface area contributed by atoms with Crippen molar-refractivity contribution in [3.63, 3.8) is 0 Å². The first-order chi connectivity index (χ1) is 15.2. The highest BCUT2D eigenvalue weighted by Crippen LogP contribution is 2.50. The number of aryl methyl sites for hydroxylation is 2. The zero-order valence-corrected chi connectivity index (χ0v) is 19.7. The fourth-order valence-corrected chi connectivity index (χ4v) is 5.90. The number of benzene rings is 1. The molecule has 0 saturated carbocycles. The number of halogens is 1. The van der Waals surface area contributed by atoms with Crippen LogP contribution in [0.5, 0.6) is 11.5 Å². The number of ether oxygens (including phenoxy) is 2. The van der Waals surface area contributed by atoms with E-state index in [0.29, 0.717) is 25.1 Å².